The fourth-order valence-corrected chi connectivity index (χ4v) is 2.23. The molecule has 2 rings (SSSR count). The van der Waals surface area contributed by atoms with Crippen molar-refractivity contribution in [3.05, 3.63) is 60.2 Å². The number of amides is 1. The summed E-state index contributed by atoms with van der Waals surface area (Å²) < 4.78 is 0. The number of hydrogen-bond donors (Lipinski definition) is 1. The van der Waals surface area contributed by atoms with E-state index in [0.717, 1.165) is 11.4 Å². The number of anilines is 2. The molecular weight excluding hydrogens is 276 g/mol. The number of nitrogens with one attached hydrogen (secondary N) is 1. The first-order chi connectivity index (χ1) is 10.6. The van der Waals surface area contributed by atoms with Gasteiger partial charge in [-0.25, -0.2) is 0 Å². The molecule has 4 nitrogen and oxygen atoms in total. The Bertz CT molecular complexity index is 653. The zero-order chi connectivity index (χ0) is 15.9. The summed E-state index contributed by atoms with van der Waals surface area (Å²) in [5.74, 6) is -0.00336. The SMILES string of the molecule is CCN(C(=O)CNc1cccc(C(C)=O)c1)c1ccccc1. The smallest absolute Gasteiger partial charge is 0.246 e. The van der Waals surface area contributed by atoms with Crippen LogP contribution in [0.2, 0.25) is 0 Å². The van der Waals surface area contributed by atoms with Gasteiger partial charge in [0.1, 0.15) is 0 Å². The van der Waals surface area contributed by atoms with Crippen molar-refractivity contribution in [2.45, 2.75) is 13.8 Å². The molecule has 0 fully saturated rings. The third kappa shape index (κ3) is 3.95. The lowest BCUT2D eigenvalue weighted by molar-refractivity contribution is -0.116. The molecule has 0 unspecified atom stereocenters. The molecule has 114 valence electrons. The lowest BCUT2D eigenvalue weighted by Crippen LogP contribution is -2.35. The van der Waals surface area contributed by atoms with Gasteiger partial charge in [0.2, 0.25) is 5.91 Å². The second-order valence-corrected chi connectivity index (χ2v) is 4.96. The minimum atomic E-state index is -0.0121. The summed E-state index contributed by atoms with van der Waals surface area (Å²) in [6, 6.07) is 16.7. The van der Waals surface area contributed by atoms with Crippen molar-refractivity contribution in [1.82, 2.24) is 0 Å². The molecule has 0 spiro atoms. The number of Topliss-reactive ketones (excluding diaryl/α,β-unsaturated/α-hetero) is 1. The highest BCUT2D eigenvalue weighted by atomic mass is 16.2. The Balaban J connectivity index is 2.03. The van der Waals surface area contributed by atoms with Gasteiger partial charge in [0.25, 0.3) is 0 Å². The van der Waals surface area contributed by atoms with E-state index in [1.54, 1.807) is 23.1 Å². The Kier molecular flexibility index (Phi) is 5.31. The molecule has 0 aliphatic carbocycles. The minimum Gasteiger partial charge on any atom is -0.376 e. The predicted molar refractivity (Wildman–Crippen MR) is 89.4 cm³/mol. The second kappa shape index (κ2) is 7.41. The zero-order valence-corrected chi connectivity index (χ0v) is 12.9. The van der Waals surface area contributed by atoms with E-state index in [2.05, 4.69) is 5.32 Å². The van der Waals surface area contributed by atoms with Crippen LogP contribution in [0.1, 0.15) is 24.2 Å². The highest BCUT2D eigenvalue weighted by Gasteiger charge is 2.13. The third-order valence-corrected chi connectivity index (χ3v) is 3.40. The molecular formula is C18H20N2O2. The monoisotopic (exact) mass is 296 g/mol. The summed E-state index contributed by atoms with van der Waals surface area (Å²) in [5, 5.41) is 3.08. The maximum absolute atomic E-state index is 12.4. The van der Waals surface area contributed by atoms with Crippen LogP contribution in [-0.4, -0.2) is 24.8 Å². The van der Waals surface area contributed by atoms with Crippen molar-refractivity contribution >= 4 is 23.1 Å². The number of ketones is 1. The van der Waals surface area contributed by atoms with Crippen molar-refractivity contribution < 1.29 is 9.59 Å². The molecule has 0 aromatic heterocycles. The molecule has 22 heavy (non-hydrogen) atoms. The zero-order valence-electron chi connectivity index (χ0n) is 12.9. The molecule has 2 aromatic rings. The Labute approximate surface area is 130 Å². The standard InChI is InChI=1S/C18H20N2O2/c1-3-20(17-10-5-4-6-11-17)18(22)13-19-16-9-7-8-15(12-16)14(2)21/h4-12,19H,3,13H2,1-2H3. The molecule has 0 radical (unpaired) electrons. The van der Waals surface area contributed by atoms with E-state index in [1.165, 1.54) is 6.92 Å². The van der Waals surface area contributed by atoms with E-state index in [9.17, 15) is 9.59 Å². The number of carbonyl (C=O) groups is 2. The lowest BCUT2D eigenvalue weighted by Gasteiger charge is -2.21. The van der Waals surface area contributed by atoms with Crippen LogP contribution in [0.15, 0.2) is 54.6 Å². The molecule has 0 aliphatic rings. The van der Waals surface area contributed by atoms with Gasteiger partial charge in [-0.2, -0.15) is 0 Å². The Morgan fingerprint density at radius 2 is 1.77 bits per heavy atom. The second-order valence-electron chi connectivity index (χ2n) is 4.96. The predicted octanol–water partition coefficient (Wildman–Crippen LogP) is 3.35. The highest BCUT2D eigenvalue weighted by molar-refractivity contribution is 5.97. The molecule has 0 bridgehead atoms. The van der Waals surface area contributed by atoms with Crippen LogP contribution in [0.3, 0.4) is 0 Å². The Hall–Kier alpha value is -2.62. The first-order valence-electron chi connectivity index (χ1n) is 7.32. The molecule has 1 N–H and O–H groups in total. The van der Waals surface area contributed by atoms with Crippen LogP contribution >= 0.6 is 0 Å². The van der Waals surface area contributed by atoms with Crippen molar-refractivity contribution in [1.29, 1.82) is 0 Å². The number of hydrogen-bond acceptors (Lipinski definition) is 3. The summed E-state index contributed by atoms with van der Waals surface area (Å²) in [7, 11) is 0. The van der Waals surface area contributed by atoms with E-state index in [1.807, 2.05) is 43.3 Å². The van der Waals surface area contributed by atoms with Crippen molar-refractivity contribution in [3.8, 4) is 0 Å². The Morgan fingerprint density at radius 1 is 1.05 bits per heavy atom. The molecule has 0 aliphatic heterocycles. The molecule has 0 saturated carbocycles. The number of benzene rings is 2. The van der Waals surface area contributed by atoms with Gasteiger partial charge < -0.3 is 10.2 Å². The molecule has 0 saturated heterocycles. The van der Waals surface area contributed by atoms with Gasteiger partial charge >= 0.3 is 0 Å². The summed E-state index contributed by atoms with van der Waals surface area (Å²) in [6.45, 7) is 4.27. The van der Waals surface area contributed by atoms with Gasteiger partial charge in [0.15, 0.2) is 5.78 Å². The quantitative estimate of drug-likeness (QED) is 0.832. The van der Waals surface area contributed by atoms with Crippen LogP contribution < -0.4 is 10.2 Å². The van der Waals surface area contributed by atoms with Crippen molar-refractivity contribution in [3.63, 3.8) is 0 Å². The minimum absolute atomic E-state index is 0.00875. The van der Waals surface area contributed by atoms with Gasteiger partial charge in [-0.05, 0) is 38.1 Å². The number of likely N-dealkylation sites (N-methyl/N-ethyl adjacent to an activating group) is 1. The lowest BCUT2D eigenvalue weighted by atomic mass is 10.1. The number of carbonyl (C=O) groups excluding carboxylic acids is 2. The third-order valence-electron chi connectivity index (χ3n) is 3.40. The first-order valence-corrected chi connectivity index (χ1v) is 7.32. The van der Waals surface area contributed by atoms with E-state index in [0.29, 0.717) is 12.1 Å². The summed E-state index contributed by atoms with van der Waals surface area (Å²) >= 11 is 0. The van der Waals surface area contributed by atoms with Gasteiger partial charge in [-0.1, -0.05) is 30.3 Å². The van der Waals surface area contributed by atoms with E-state index in [-0.39, 0.29) is 18.2 Å². The highest BCUT2D eigenvalue weighted by Crippen LogP contribution is 2.14. The molecule has 0 heterocycles. The van der Waals surface area contributed by atoms with Crippen LogP contribution in [0.4, 0.5) is 11.4 Å². The average Bonchev–Trinajstić information content (AvgIpc) is 2.55. The molecule has 1 amide bonds. The Morgan fingerprint density at radius 3 is 2.41 bits per heavy atom. The van der Waals surface area contributed by atoms with Crippen LogP contribution in [0.5, 0.6) is 0 Å². The topological polar surface area (TPSA) is 49.4 Å². The normalized spacial score (nSPS) is 10.1. The van der Waals surface area contributed by atoms with Gasteiger partial charge in [0, 0.05) is 23.5 Å². The number of rotatable bonds is 6. The summed E-state index contributed by atoms with van der Waals surface area (Å²) in [4.78, 5) is 25.5. The largest absolute Gasteiger partial charge is 0.376 e. The van der Waals surface area contributed by atoms with Crippen LogP contribution in [-0.2, 0) is 4.79 Å². The maximum Gasteiger partial charge on any atom is 0.246 e. The van der Waals surface area contributed by atoms with Gasteiger partial charge in [-0.15, -0.1) is 0 Å². The fourth-order valence-electron chi connectivity index (χ4n) is 2.23. The fraction of sp³-hybridized carbons (Fsp3) is 0.222. The maximum atomic E-state index is 12.4. The van der Waals surface area contributed by atoms with Crippen molar-refractivity contribution in [2.24, 2.45) is 0 Å². The van der Waals surface area contributed by atoms with E-state index < -0.39 is 0 Å². The van der Waals surface area contributed by atoms with Crippen LogP contribution in [0, 0.1) is 0 Å². The average molecular weight is 296 g/mol. The number of para-hydroxylation sites is 1. The molecule has 2 aromatic carbocycles. The van der Waals surface area contributed by atoms with E-state index in [4.69, 9.17) is 0 Å². The van der Waals surface area contributed by atoms with Crippen LogP contribution in [0.25, 0.3) is 0 Å². The number of nitrogens with zero attached hydrogens (tertiary/aromatic N) is 1. The van der Waals surface area contributed by atoms with E-state index >= 15 is 0 Å². The molecule has 0 atom stereocenters. The molecule has 4 heteroatoms. The summed E-state index contributed by atoms with van der Waals surface area (Å²) in [6.07, 6.45) is 0. The van der Waals surface area contributed by atoms with Gasteiger partial charge in [-0.3, -0.25) is 9.59 Å². The van der Waals surface area contributed by atoms with Crippen molar-refractivity contribution in [2.75, 3.05) is 23.3 Å². The summed E-state index contributed by atoms with van der Waals surface area (Å²) in [5.41, 5.74) is 2.28. The van der Waals surface area contributed by atoms with Gasteiger partial charge in [0.05, 0.1) is 6.54 Å². The first kappa shape index (κ1) is 15.8.